The van der Waals surface area contributed by atoms with Crippen molar-refractivity contribution in [2.24, 2.45) is 5.41 Å². The van der Waals surface area contributed by atoms with Crippen molar-refractivity contribution < 1.29 is 27.5 Å². The lowest BCUT2D eigenvalue weighted by Gasteiger charge is -2.45. The molecule has 204 valence electrons. The minimum atomic E-state index is -4.74. The molecule has 2 heterocycles. The summed E-state index contributed by atoms with van der Waals surface area (Å²) in [5, 5.41) is 3.14. The summed E-state index contributed by atoms with van der Waals surface area (Å²) in [5.41, 5.74) is 2.46. The number of alkyl halides is 3. The summed E-state index contributed by atoms with van der Waals surface area (Å²) in [7, 11) is 2.12. The number of anilines is 1. The Hall–Kier alpha value is -3.27. The summed E-state index contributed by atoms with van der Waals surface area (Å²) in [6.07, 6.45) is -2.04. The van der Waals surface area contributed by atoms with Crippen LogP contribution in [-0.4, -0.2) is 80.3 Å². The Balaban J connectivity index is 1.06. The van der Waals surface area contributed by atoms with Crippen molar-refractivity contribution in [3.63, 3.8) is 0 Å². The van der Waals surface area contributed by atoms with Crippen LogP contribution in [0.1, 0.15) is 35.2 Å². The Morgan fingerprint density at radius 3 is 2.26 bits per heavy atom. The zero-order valence-corrected chi connectivity index (χ0v) is 21.5. The minimum Gasteiger partial charge on any atom is -0.406 e. The van der Waals surface area contributed by atoms with Gasteiger partial charge in [0.15, 0.2) is 0 Å². The number of benzene rings is 2. The second-order valence-corrected chi connectivity index (χ2v) is 10.8. The largest absolute Gasteiger partial charge is 0.573 e. The van der Waals surface area contributed by atoms with E-state index in [4.69, 9.17) is 0 Å². The van der Waals surface area contributed by atoms with Crippen molar-refractivity contribution in [3.8, 4) is 5.75 Å². The zero-order valence-electron chi connectivity index (χ0n) is 21.5. The molecule has 0 unspecified atom stereocenters. The van der Waals surface area contributed by atoms with Crippen molar-refractivity contribution in [3.05, 3.63) is 59.7 Å². The molecule has 1 N–H and O–H groups in total. The fourth-order valence-electron chi connectivity index (χ4n) is 5.82. The second-order valence-electron chi connectivity index (χ2n) is 10.8. The molecule has 0 radical (unpaired) electrons. The average molecular weight is 531 g/mol. The zero-order chi connectivity index (χ0) is 26.9. The lowest BCUT2D eigenvalue weighted by atomic mass is 9.65. The highest BCUT2D eigenvalue weighted by Crippen LogP contribution is 2.48. The molecule has 2 aromatic carbocycles. The quantitative estimate of drug-likeness (QED) is 0.617. The molecule has 5 rings (SSSR count). The molecular weight excluding hydrogens is 497 g/mol. The predicted octanol–water partition coefficient (Wildman–Crippen LogP) is 3.69. The molecule has 2 amide bonds. The summed E-state index contributed by atoms with van der Waals surface area (Å²) in [5.74, 6) is -0.416. The number of nitrogens with zero attached hydrogens (tertiary/aromatic N) is 3. The lowest BCUT2D eigenvalue weighted by molar-refractivity contribution is -0.274. The average Bonchev–Trinajstić information content (AvgIpc) is 3.31. The molecule has 10 heteroatoms. The second kappa shape index (κ2) is 10.5. The molecule has 2 saturated heterocycles. The highest BCUT2D eigenvalue weighted by Gasteiger charge is 2.49. The van der Waals surface area contributed by atoms with E-state index in [1.807, 2.05) is 29.2 Å². The topological polar surface area (TPSA) is 65.1 Å². The molecule has 2 aromatic rings. The van der Waals surface area contributed by atoms with Gasteiger partial charge in [0.05, 0.1) is 6.42 Å². The Kier molecular flexibility index (Phi) is 7.26. The first-order valence-corrected chi connectivity index (χ1v) is 13.0. The van der Waals surface area contributed by atoms with Crippen LogP contribution in [0.25, 0.3) is 0 Å². The molecule has 0 bridgehead atoms. The summed E-state index contributed by atoms with van der Waals surface area (Å²) < 4.78 is 40.9. The summed E-state index contributed by atoms with van der Waals surface area (Å²) in [6, 6.07) is 13.3. The maximum Gasteiger partial charge on any atom is 0.573 e. The smallest absolute Gasteiger partial charge is 0.406 e. The Morgan fingerprint density at radius 2 is 1.63 bits per heavy atom. The summed E-state index contributed by atoms with van der Waals surface area (Å²) in [4.78, 5) is 32.1. The van der Waals surface area contributed by atoms with Gasteiger partial charge in [0.25, 0.3) is 5.91 Å². The number of likely N-dealkylation sites (tertiary alicyclic amines) is 1. The first-order chi connectivity index (χ1) is 18.1. The van der Waals surface area contributed by atoms with Crippen LogP contribution in [0.15, 0.2) is 48.5 Å². The number of likely N-dealkylation sites (N-methyl/N-ethyl adjacent to an activating group) is 1. The van der Waals surface area contributed by atoms with Crippen molar-refractivity contribution in [1.82, 2.24) is 15.1 Å². The Labute approximate surface area is 220 Å². The molecule has 2 aliphatic heterocycles. The molecule has 1 spiro atoms. The number of piperazine rings is 1. The molecule has 0 aromatic heterocycles. The van der Waals surface area contributed by atoms with Crippen molar-refractivity contribution in [2.45, 2.75) is 38.1 Å². The molecule has 1 aliphatic carbocycles. The fraction of sp³-hybridized carbons (Fsp3) is 0.500. The van der Waals surface area contributed by atoms with Crippen LogP contribution in [-0.2, 0) is 11.2 Å². The van der Waals surface area contributed by atoms with Gasteiger partial charge in [0.2, 0.25) is 5.91 Å². The van der Waals surface area contributed by atoms with E-state index < -0.39 is 6.36 Å². The number of hydrogen-bond acceptors (Lipinski definition) is 5. The van der Waals surface area contributed by atoms with Crippen LogP contribution < -0.4 is 15.0 Å². The van der Waals surface area contributed by atoms with Gasteiger partial charge in [-0.2, -0.15) is 0 Å². The molecule has 0 atom stereocenters. The van der Waals surface area contributed by atoms with E-state index in [-0.39, 0.29) is 35.4 Å². The SMILES string of the molecule is CN1CCN(c2ccc(C(=O)NC3CC4(CCN(C(=O)Cc5ccc(OC(F)(F)F)cc5)C4)C3)cc2)CC1. The molecule has 7 nitrogen and oxygen atoms in total. The third kappa shape index (κ3) is 6.23. The van der Waals surface area contributed by atoms with Gasteiger partial charge in [-0.15, -0.1) is 13.2 Å². The van der Waals surface area contributed by atoms with Crippen LogP contribution >= 0.6 is 0 Å². The Bertz CT molecular complexity index is 1140. The first-order valence-electron chi connectivity index (χ1n) is 13.0. The van der Waals surface area contributed by atoms with E-state index in [9.17, 15) is 22.8 Å². The number of nitrogens with one attached hydrogen (secondary N) is 1. The maximum atomic E-state index is 12.8. The number of hydrogen-bond donors (Lipinski definition) is 1. The van der Waals surface area contributed by atoms with E-state index in [0.717, 1.165) is 51.1 Å². The predicted molar refractivity (Wildman–Crippen MR) is 137 cm³/mol. The van der Waals surface area contributed by atoms with Crippen molar-refractivity contribution in [2.75, 3.05) is 51.2 Å². The van der Waals surface area contributed by atoms with Gasteiger partial charge in [-0.25, -0.2) is 0 Å². The fourth-order valence-corrected chi connectivity index (χ4v) is 5.82. The van der Waals surface area contributed by atoms with Crippen LogP contribution in [0.4, 0.5) is 18.9 Å². The number of carbonyl (C=O) groups excluding carboxylic acids is 2. The van der Waals surface area contributed by atoms with E-state index in [2.05, 4.69) is 26.9 Å². The summed E-state index contributed by atoms with van der Waals surface area (Å²) >= 11 is 0. The van der Waals surface area contributed by atoms with Gasteiger partial charge in [0, 0.05) is 56.6 Å². The molecule has 1 saturated carbocycles. The number of amides is 2. The van der Waals surface area contributed by atoms with Gasteiger partial charge in [0.1, 0.15) is 5.75 Å². The van der Waals surface area contributed by atoms with E-state index >= 15 is 0 Å². The maximum absolute atomic E-state index is 12.8. The molecule has 38 heavy (non-hydrogen) atoms. The minimum absolute atomic E-state index is 0.0310. The van der Waals surface area contributed by atoms with Gasteiger partial charge in [-0.05, 0) is 73.7 Å². The van der Waals surface area contributed by atoms with Crippen LogP contribution in [0, 0.1) is 5.41 Å². The van der Waals surface area contributed by atoms with Crippen molar-refractivity contribution in [1.29, 1.82) is 0 Å². The molecule has 3 fully saturated rings. The lowest BCUT2D eigenvalue weighted by Crippen LogP contribution is -2.52. The first kappa shape index (κ1) is 26.3. The third-order valence-corrected chi connectivity index (χ3v) is 8.00. The molecular formula is C28H33F3N4O3. The van der Waals surface area contributed by atoms with Crippen LogP contribution in [0.3, 0.4) is 0 Å². The highest BCUT2D eigenvalue weighted by atomic mass is 19.4. The normalized spacial score (nSPS) is 23.8. The van der Waals surface area contributed by atoms with Crippen LogP contribution in [0.2, 0.25) is 0 Å². The van der Waals surface area contributed by atoms with E-state index in [1.54, 1.807) is 0 Å². The number of rotatable bonds is 6. The number of ether oxygens (including phenoxy) is 1. The third-order valence-electron chi connectivity index (χ3n) is 8.00. The van der Waals surface area contributed by atoms with Crippen molar-refractivity contribution >= 4 is 17.5 Å². The van der Waals surface area contributed by atoms with Crippen LogP contribution in [0.5, 0.6) is 5.75 Å². The van der Waals surface area contributed by atoms with Gasteiger partial charge in [-0.3, -0.25) is 9.59 Å². The van der Waals surface area contributed by atoms with Gasteiger partial charge < -0.3 is 24.8 Å². The number of carbonyl (C=O) groups is 2. The number of halogens is 3. The van der Waals surface area contributed by atoms with Gasteiger partial charge >= 0.3 is 6.36 Å². The van der Waals surface area contributed by atoms with E-state index in [1.165, 1.54) is 24.3 Å². The Morgan fingerprint density at radius 1 is 0.974 bits per heavy atom. The molecule has 3 aliphatic rings. The van der Waals surface area contributed by atoms with E-state index in [0.29, 0.717) is 24.2 Å². The van der Waals surface area contributed by atoms with Gasteiger partial charge in [-0.1, -0.05) is 12.1 Å². The summed E-state index contributed by atoms with van der Waals surface area (Å²) in [6.45, 7) is 5.32. The standard InChI is InChI=1S/C28H33F3N4O3/c1-33-12-14-34(15-13-33)23-6-4-21(5-7-23)26(37)32-22-17-27(18-22)10-11-35(19-27)25(36)16-20-2-8-24(9-3-20)38-28(29,30)31/h2-9,22H,10-19H2,1H3,(H,32,37). The monoisotopic (exact) mass is 530 g/mol. The highest BCUT2D eigenvalue weighted by molar-refractivity contribution is 5.94.